The maximum atomic E-state index is 8.74. The quantitative estimate of drug-likeness (QED) is 0.425. The second kappa shape index (κ2) is 4.52. The Balaban J connectivity index is 2.93. The Kier molecular flexibility index (Phi) is 4.89. The smallest absolute Gasteiger partial charge is 0.0636 e. The van der Waals surface area contributed by atoms with E-state index in [0.717, 1.165) is 0 Å². The van der Waals surface area contributed by atoms with Gasteiger partial charge in [0.15, 0.2) is 0 Å². The molecule has 8 heavy (non-hydrogen) atoms. The molecule has 0 aromatic heterocycles. The second-order valence-corrected chi connectivity index (χ2v) is 3.74. The zero-order valence-electron chi connectivity index (χ0n) is 5.19. The second-order valence-electron chi connectivity index (χ2n) is 1.87. The first kappa shape index (κ1) is 8.65. The van der Waals surface area contributed by atoms with E-state index in [1.165, 1.54) is 0 Å². The van der Waals surface area contributed by atoms with Crippen molar-refractivity contribution in [1.29, 1.82) is 0 Å². The minimum absolute atomic E-state index is 0.229. The van der Waals surface area contributed by atoms with Crippen LogP contribution in [0.3, 0.4) is 0 Å². The van der Waals surface area contributed by atoms with E-state index < -0.39 is 0 Å². The summed E-state index contributed by atoms with van der Waals surface area (Å²) in [4.78, 5) is 0. The summed E-state index contributed by atoms with van der Waals surface area (Å²) in [5, 5.41) is 11.8. The Morgan fingerprint density at radius 3 is 2.25 bits per heavy atom. The van der Waals surface area contributed by atoms with Crippen molar-refractivity contribution in [2.24, 2.45) is 0 Å². The molecular formula is C5H12INO. The predicted molar refractivity (Wildman–Crippen MR) is 43.2 cm³/mol. The first-order chi connectivity index (χ1) is 3.63. The first-order valence-electron chi connectivity index (χ1n) is 2.68. The molecule has 2 unspecified atom stereocenters. The summed E-state index contributed by atoms with van der Waals surface area (Å²) in [7, 11) is 0. The number of halogens is 1. The molecule has 0 amide bonds. The Labute approximate surface area is 63.8 Å². The number of alkyl halides is 1. The molecule has 0 fully saturated rings. The van der Waals surface area contributed by atoms with Crippen LogP contribution in [0.5, 0.6) is 0 Å². The third kappa shape index (κ3) is 6.65. The van der Waals surface area contributed by atoms with Crippen molar-refractivity contribution >= 4 is 22.6 Å². The van der Waals surface area contributed by atoms with Gasteiger partial charge in [0.25, 0.3) is 0 Å². The van der Waals surface area contributed by atoms with Crippen LogP contribution in [0.25, 0.3) is 0 Å². The molecule has 0 rings (SSSR count). The van der Waals surface area contributed by atoms with Gasteiger partial charge in [-0.2, -0.15) is 0 Å². The van der Waals surface area contributed by atoms with Gasteiger partial charge < -0.3 is 10.4 Å². The van der Waals surface area contributed by atoms with E-state index >= 15 is 0 Å². The fourth-order valence-corrected chi connectivity index (χ4v) is 0.587. The standard InChI is InChI=1S/C5H12INO/c1-4(8)3-7-5(2)6/h4-5,7-8H,3H2,1-2H3. The Hall–Kier alpha value is 0.650. The lowest BCUT2D eigenvalue weighted by molar-refractivity contribution is 0.191. The van der Waals surface area contributed by atoms with Crippen LogP contribution >= 0.6 is 22.6 Å². The van der Waals surface area contributed by atoms with Gasteiger partial charge in [-0.15, -0.1) is 0 Å². The molecular weight excluding hydrogens is 217 g/mol. The summed E-state index contributed by atoms with van der Waals surface area (Å²) in [6, 6.07) is 0. The van der Waals surface area contributed by atoms with Gasteiger partial charge in [0, 0.05) is 6.54 Å². The van der Waals surface area contributed by atoms with E-state index in [1.807, 2.05) is 6.92 Å². The largest absolute Gasteiger partial charge is 0.392 e. The van der Waals surface area contributed by atoms with Crippen LogP contribution in [0.4, 0.5) is 0 Å². The number of hydrogen-bond donors (Lipinski definition) is 2. The van der Waals surface area contributed by atoms with Gasteiger partial charge >= 0.3 is 0 Å². The molecule has 0 aliphatic rings. The minimum atomic E-state index is -0.229. The molecule has 50 valence electrons. The van der Waals surface area contributed by atoms with Crippen LogP contribution in [0.1, 0.15) is 13.8 Å². The van der Waals surface area contributed by atoms with Gasteiger partial charge in [-0.05, 0) is 13.8 Å². The van der Waals surface area contributed by atoms with Gasteiger partial charge in [0.1, 0.15) is 0 Å². The maximum Gasteiger partial charge on any atom is 0.0636 e. The van der Waals surface area contributed by atoms with Crippen LogP contribution in [-0.4, -0.2) is 21.8 Å². The number of nitrogens with one attached hydrogen (secondary N) is 1. The summed E-state index contributed by atoms with van der Waals surface area (Å²) in [5.41, 5.74) is 0. The summed E-state index contributed by atoms with van der Waals surface area (Å²) in [5.74, 6) is 0. The maximum absolute atomic E-state index is 8.74. The van der Waals surface area contributed by atoms with Gasteiger partial charge in [-0.3, -0.25) is 0 Å². The summed E-state index contributed by atoms with van der Waals surface area (Å²) in [6.45, 7) is 4.50. The molecule has 2 nitrogen and oxygen atoms in total. The summed E-state index contributed by atoms with van der Waals surface area (Å²) < 4.78 is 0.446. The molecule has 0 spiro atoms. The number of aliphatic hydroxyl groups excluding tert-OH is 1. The van der Waals surface area contributed by atoms with Crippen molar-refractivity contribution in [3.8, 4) is 0 Å². The lowest BCUT2D eigenvalue weighted by atomic mass is 10.4. The van der Waals surface area contributed by atoms with Gasteiger partial charge in [-0.1, -0.05) is 22.6 Å². The zero-order valence-corrected chi connectivity index (χ0v) is 7.34. The number of aliphatic hydroxyl groups is 1. The van der Waals surface area contributed by atoms with E-state index in [9.17, 15) is 0 Å². The predicted octanol–water partition coefficient (Wildman–Crippen LogP) is 0.738. The zero-order chi connectivity index (χ0) is 6.57. The Bertz CT molecular complexity index is 48.4. The van der Waals surface area contributed by atoms with E-state index in [4.69, 9.17) is 5.11 Å². The highest BCUT2D eigenvalue weighted by Crippen LogP contribution is 1.91. The number of rotatable bonds is 3. The molecule has 0 aromatic carbocycles. The SMILES string of the molecule is CC(O)CNC(C)I. The van der Waals surface area contributed by atoms with Crippen LogP contribution in [0.15, 0.2) is 0 Å². The molecule has 2 atom stereocenters. The third-order valence-corrected chi connectivity index (χ3v) is 1.13. The highest BCUT2D eigenvalue weighted by molar-refractivity contribution is 14.1. The molecule has 3 heteroatoms. The Morgan fingerprint density at radius 1 is 1.62 bits per heavy atom. The molecule has 0 aromatic rings. The minimum Gasteiger partial charge on any atom is -0.392 e. The normalized spacial score (nSPS) is 18.0. The summed E-state index contributed by atoms with van der Waals surface area (Å²) in [6.07, 6.45) is -0.229. The van der Waals surface area contributed by atoms with Crippen molar-refractivity contribution < 1.29 is 5.11 Å². The first-order valence-corrected chi connectivity index (χ1v) is 3.93. The molecule has 0 saturated heterocycles. The third-order valence-electron chi connectivity index (χ3n) is 0.695. The highest BCUT2D eigenvalue weighted by Gasteiger charge is 1.95. The molecule has 0 aliphatic carbocycles. The highest BCUT2D eigenvalue weighted by atomic mass is 127. The van der Waals surface area contributed by atoms with Crippen LogP contribution in [-0.2, 0) is 0 Å². The van der Waals surface area contributed by atoms with Crippen LogP contribution < -0.4 is 5.32 Å². The lowest BCUT2D eigenvalue weighted by Crippen LogP contribution is -2.28. The molecule has 0 bridgehead atoms. The van der Waals surface area contributed by atoms with Gasteiger partial charge in [0.2, 0.25) is 0 Å². The molecule has 0 heterocycles. The van der Waals surface area contributed by atoms with Crippen molar-refractivity contribution in [1.82, 2.24) is 5.32 Å². The lowest BCUT2D eigenvalue weighted by Gasteiger charge is -2.07. The van der Waals surface area contributed by atoms with E-state index in [2.05, 4.69) is 27.9 Å². The van der Waals surface area contributed by atoms with Crippen molar-refractivity contribution in [3.63, 3.8) is 0 Å². The van der Waals surface area contributed by atoms with Crippen LogP contribution in [0.2, 0.25) is 0 Å². The molecule has 0 saturated carbocycles. The van der Waals surface area contributed by atoms with Gasteiger partial charge in [-0.25, -0.2) is 0 Å². The van der Waals surface area contributed by atoms with Crippen molar-refractivity contribution in [3.05, 3.63) is 0 Å². The fraction of sp³-hybridized carbons (Fsp3) is 1.00. The fourth-order valence-electron chi connectivity index (χ4n) is 0.333. The molecule has 2 N–H and O–H groups in total. The summed E-state index contributed by atoms with van der Waals surface area (Å²) >= 11 is 2.25. The topological polar surface area (TPSA) is 32.3 Å². The molecule has 0 aliphatic heterocycles. The van der Waals surface area contributed by atoms with Crippen molar-refractivity contribution in [2.45, 2.75) is 24.0 Å². The average molecular weight is 229 g/mol. The van der Waals surface area contributed by atoms with Crippen molar-refractivity contribution in [2.75, 3.05) is 6.54 Å². The van der Waals surface area contributed by atoms with Gasteiger partial charge in [0.05, 0.1) is 10.2 Å². The van der Waals surface area contributed by atoms with Crippen LogP contribution in [0, 0.1) is 0 Å². The number of hydrogen-bond acceptors (Lipinski definition) is 2. The monoisotopic (exact) mass is 229 g/mol. The van der Waals surface area contributed by atoms with E-state index in [-0.39, 0.29) is 6.10 Å². The Morgan fingerprint density at radius 2 is 2.12 bits per heavy atom. The van der Waals surface area contributed by atoms with E-state index in [0.29, 0.717) is 10.6 Å². The molecule has 0 radical (unpaired) electrons. The average Bonchev–Trinajstić information content (AvgIpc) is 1.61. The van der Waals surface area contributed by atoms with E-state index in [1.54, 1.807) is 6.92 Å².